The minimum Gasteiger partial charge on any atom is -0.447 e. The average molecular weight is 836 g/mol. The van der Waals surface area contributed by atoms with Gasteiger partial charge in [-0.1, -0.05) is 66.7 Å². The van der Waals surface area contributed by atoms with E-state index in [0.29, 0.717) is 0 Å². The summed E-state index contributed by atoms with van der Waals surface area (Å²) in [5, 5.41) is 13.2. The molecule has 3 aromatic carbocycles. The van der Waals surface area contributed by atoms with Gasteiger partial charge in [-0.15, -0.1) is 0 Å². The maximum Gasteiger partial charge on any atom is 0.424 e. The predicted octanol–water partition coefficient (Wildman–Crippen LogP) is 2.24. The van der Waals surface area contributed by atoms with Crippen molar-refractivity contribution in [3.05, 3.63) is 95.7 Å². The number of benzene rings is 3. The molecule has 0 fully saturated rings. The first-order valence-electron chi connectivity index (χ1n) is 18.9. The van der Waals surface area contributed by atoms with E-state index < -0.39 is 45.9 Å². The number of imide groups is 1. The molecule has 0 unspecified atom stereocenters. The second-order valence-corrected chi connectivity index (χ2v) is 15.1. The van der Waals surface area contributed by atoms with E-state index in [2.05, 4.69) is 40.2 Å². The van der Waals surface area contributed by atoms with Crippen LogP contribution < -0.4 is 21.3 Å². The number of aromatic nitrogens is 1. The van der Waals surface area contributed by atoms with Crippen molar-refractivity contribution in [2.24, 2.45) is 0 Å². The maximum atomic E-state index is 13.4. The summed E-state index contributed by atoms with van der Waals surface area (Å²) in [5.74, 6) is -2.60. The SMILES string of the molecule is CN(Cc1cc2ccccc2n1CCC(=O)N[C@@H](CS(=O)(=O)O)C(=O)NCCOCCOCCNC(=O)NC=O)N(C)C(=O)OCC1c2ccccc2-c2ccccc21. The first-order chi connectivity index (χ1) is 28.4. The number of urea groups is 1. The van der Waals surface area contributed by atoms with Gasteiger partial charge in [0.15, 0.2) is 0 Å². The van der Waals surface area contributed by atoms with Crippen LogP contribution in [0.3, 0.4) is 0 Å². The third kappa shape index (κ3) is 12.6. The molecule has 18 nitrogen and oxygen atoms in total. The Morgan fingerprint density at radius 2 is 1.47 bits per heavy atom. The number of ether oxygens (including phenoxy) is 3. The summed E-state index contributed by atoms with van der Waals surface area (Å²) in [6.45, 7) is 1.25. The third-order valence-corrected chi connectivity index (χ3v) is 10.4. The number of nitrogens with zero attached hydrogens (tertiary/aromatic N) is 3. The fourth-order valence-corrected chi connectivity index (χ4v) is 7.39. The maximum absolute atomic E-state index is 13.4. The van der Waals surface area contributed by atoms with Crippen LogP contribution in [0.2, 0.25) is 0 Å². The number of rotatable bonds is 22. The molecule has 4 aromatic rings. The molecule has 1 atom stereocenters. The molecule has 0 saturated carbocycles. The van der Waals surface area contributed by atoms with Crippen molar-refractivity contribution >= 4 is 51.4 Å². The second-order valence-electron chi connectivity index (χ2n) is 13.6. The first kappa shape index (κ1) is 44.2. The van der Waals surface area contributed by atoms with E-state index in [9.17, 15) is 36.9 Å². The fourth-order valence-electron chi connectivity index (χ4n) is 6.74. The monoisotopic (exact) mass is 835 g/mol. The molecule has 0 saturated heterocycles. The molecule has 19 heteroatoms. The fraction of sp³-hybridized carbons (Fsp3) is 0.375. The minimum atomic E-state index is -4.65. The third-order valence-electron chi connectivity index (χ3n) is 9.63. The average Bonchev–Trinajstić information content (AvgIpc) is 3.73. The van der Waals surface area contributed by atoms with E-state index in [1.807, 2.05) is 64.5 Å². The van der Waals surface area contributed by atoms with Crippen molar-refractivity contribution in [2.75, 3.05) is 66.0 Å². The molecule has 0 aliphatic heterocycles. The zero-order chi connectivity index (χ0) is 42.4. The summed E-state index contributed by atoms with van der Waals surface area (Å²) < 4.78 is 51.5. The lowest BCUT2D eigenvalue weighted by atomic mass is 9.98. The van der Waals surface area contributed by atoms with Crippen LogP contribution in [0.15, 0.2) is 78.9 Å². The van der Waals surface area contributed by atoms with Crippen LogP contribution in [0.1, 0.15) is 29.2 Å². The number of hydrogen-bond acceptors (Lipinski definition) is 11. The Balaban J connectivity index is 1.11. The van der Waals surface area contributed by atoms with Crippen LogP contribution in [0.25, 0.3) is 22.0 Å². The number of amides is 6. The Morgan fingerprint density at radius 3 is 2.12 bits per heavy atom. The topological polar surface area (TPSA) is 227 Å². The van der Waals surface area contributed by atoms with Gasteiger partial charge < -0.3 is 34.7 Å². The molecule has 316 valence electrons. The smallest absolute Gasteiger partial charge is 0.424 e. The molecule has 5 N–H and O–H groups in total. The van der Waals surface area contributed by atoms with Crippen LogP contribution in [0, 0.1) is 0 Å². The Kier molecular flexibility index (Phi) is 15.9. The van der Waals surface area contributed by atoms with Gasteiger partial charge >= 0.3 is 12.1 Å². The first-order valence-corrected chi connectivity index (χ1v) is 20.5. The highest BCUT2D eigenvalue weighted by Crippen LogP contribution is 2.44. The molecule has 5 rings (SSSR count). The molecule has 0 radical (unpaired) electrons. The van der Waals surface area contributed by atoms with Crippen molar-refractivity contribution in [1.29, 1.82) is 0 Å². The van der Waals surface area contributed by atoms with Gasteiger partial charge in [-0.25, -0.2) is 19.6 Å². The molecule has 1 aromatic heterocycles. The lowest BCUT2D eigenvalue weighted by Gasteiger charge is -2.28. The Morgan fingerprint density at radius 1 is 0.864 bits per heavy atom. The molecular weight excluding hydrogens is 787 g/mol. The highest BCUT2D eigenvalue weighted by Gasteiger charge is 2.30. The molecule has 1 aliphatic carbocycles. The van der Waals surface area contributed by atoms with Crippen molar-refractivity contribution in [3.63, 3.8) is 0 Å². The van der Waals surface area contributed by atoms with E-state index in [1.54, 1.807) is 19.1 Å². The normalized spacial score (nSPS) is 12.7. The molecular formula is C40H49N7O11S. The number of carbonyl (C=O) groups is 5. The highest BCUT2D eigenvalue weighted by molar-refractivity contribution is 7.85. The van der Waals surface area contributed by atoms with Crippen molar-refractivity contribution in [1.82, 2.24) is 35.9 Å². The van der Waals surface area contributed by atoms with Gasteiger partial charge in [0.25, 0.3) is 10.1 Å². The van der Waals surface area contributed by atoms with Crippen LogP contribution >= 0.6 is 0 Å². The van der Waals surface area contributed by atoms with E-state index in [4.69, 9.17) is 14.2 Å². The summed E-state index contributed by atoms with van der Waals surface area (Å²) in [6.07, 6.45) is -0.428. The van der Waals surface area contributed by atoms with Gasteiger partial charge in [-0.05, 0) is 39.8 Å². The quantitative estimate of drug-likeness (QED) is 0.0333. The lowest BCUT2D eigenvalue weighted by Crippen LogP contribution is -2.51. The number of para-hydroxylation sites is 1. The van der Waals surface area contributed by atoms with Gasteiger partial charge in [-0.2, -0.15) is 8.42 Å². The summed E-state index contributed by atoms with van der Waals surface area (Å²) >= 11 is 0. The van der Waals surface area contributed by atoms with E-state index >= 15 is 0 Å². The number of aryl methyl sites for hydroxylation is 1. The van der Waals surface area contributed by atoms with Gasteiger partial charge in [0, 0.05) is 57.3 Å². The Hall–Kier alpha value is -5.86. The zero-order valence-corrected chi connectivity index (χ0v) is 33.6. The van der Waals surface area contributed by atoms with E-state index in [0.717, 1.165) is 38.9 Å². The van der Waals surface area contributed by atoms with Crippen molar-refractivity contribution in [3.8, 4) is 11.1 Å². The van der Waals surface area contributed by atoms with Gasteiger partial charge in [0.05, 0.1) is 33.0 Å². The highest BCUT2D eigenvalue weighted by atomic mass is 32.2. The molecule has 59 heavy (non-hydrogen) atoms. The zero-order valence-electron chi connectivity index (χ0n) is 32.8. The number of fused-ring (bicyclic) bond motifs is 4. The molecule has 6 amide bonds. The van der Waals surface area contributed by atoms with Crippen LogP contribution in [0.4, 0.5) is 9.59 Å². The van der Waals surface area contributed by atoms with E-state index in [1.165, 1.54) is 5.01 Å². The van der Waals surface area contributed by atoms with Crippen molar-refractivity contribution in [2.45, 2.75) is 31.5 Å². The van der Waals surface area contributed by atoms with Gasteiger partial charge in [-0.3, -0.25) is 24.3 Å². The number of nitrogens with one attached hydrogen (secondary N) is 4. The predicted molar refractivity (Wildman–Crippen MR) is 216 cm³/mol. The van der Waals surface area contributed by atoms with E-state index in [-0.39, 0.29) is 78.0 Å². The second kappa shape index (κ2) is 21.2. The summed E-state index contributed by atoms with van der Waals surface area (Å²) in [5.41, 5.74) is 6.06. The summed E-state index contributed by atoms with van der Waals surface area (Å²) in [6, 6.07) is 23.5. The Bertz CT molecular complexity index is 2170. The summed E-state index contributed by atoms with van der Waals surface area (Å²) in [4.78, 5) is 60.8. The van der Waals surface area contributed by atoms with Crippen LogP contribution in [-0.2, 0) is 51.8 Å². The van der Waals surface area contributed by atoms with Crippen molar-refractivity contribution < 1.29 is 51.2 Å². The standard InChI is InChI=1S/C40H49N7O11S/c1-45(46(2)40(52)58-25-34-32-12-6-4-10-30(32)31-11-5-7-13-33(31)34)24-29-23-28-9-3-8-14-36(28)47(29)18-15-37(49)44-35(26-59(53,54)55)38(50)41-16-19-56-21-22-57-20-17-42-39(51)43-27-48/h3-14,23,27,34-35H,15-22,24-26H2,1-2H3,(H,41,50)(H,44,49)(H,53,54,55)(H2,42,43,48,51)/t35-/m0/s1. The molecule has 0 spiro atoms. The van der Waals surface area contributed by atoms with Gasteiger partial charge in [0.1, 0.15) is 18.4 Å². The minimum absolute atomic E-state index is 0.0270. The molecule has 1 heterocycles. The number of carbonyl (C=O) groups excluding carboxylic acids is 5. The van der Waals surface area contributed by atoms with Gasteiger partial charge in [0.2, 0.25) is 18.2 Å². The Labute approximate surface area is 341 Å². The molecule has 0 bridgehead atoms. The van der Waals surface area contributed by atoms with Crippen LogP contribution in [-0.4, -0.2) is 130 Å². The molecule has 1 aliphatic rings. The largest absolute Gasteiger partial charge is 0.447 e. The lowest BCUT2D eigenvalue weighted by molar-refractivity contribution is -0.128. The number of hydrogen-bond donors (Lipinski definition) is 5. The van der Waals surface area contributed by atoms with Crippen LogP contribution in [0.5, 0.6) is 0 Å². The summed E-state index contributed by atoms with van der Waals surface area (Å²) in [7, 11) is -1.29. The number of hydrazine groups is 1.